The van der Waals surface area contributed by atoms with Crippen molar-refractivity contribution in [3.63, 3.8) is 0 Å². The Hall–Kier alpha value is -1.23. The fourth-order valence-electron chi connectivity index (χ4n) is 2.56. The second-order valence-corrected chi connectivity index (χ2v) is 6.59. The van der Waals surface area contributed by atoms with E-state index in [1.54, 1.807) is 23.5 Å². The molecule has 1 atom stereocenters. The van der Waals surface area contributed by atoms with Crippen LogP contribution in [0.2, 0.25) is 0 Å². The van der Waals surface area contributed by atoms with E-state index < -0.39 is 0 Å². The van der Waals surface area contributed by atoms with Crippen molar-refractivity contribution in [1.29, 1.82) is 0 Å². The van der Waals surface area contributed by atoms with Crippen molar-refractivity contribution in [3.8, 4) is 0 Å². The monoisotopic (exact) mass is 363 g/mol. The summed E-state index contributed by atoms with van der Waals surface area (Å²) in [4.78, 5) is 0. The average molecular weight is 364 g/mol. The molecule has 1 N–H and O–H groups in total. The molecule has 0 aliphatic carbocycles. The van der Waals surface area contributed by atoms with Crippen molar-refractivity contribution in [2.45, 2.75) is 13.0 Å². The van der Waals surface area contributed by atoms with Gasteiger partial charge in [-0.1, -0.05) is 31.2 Å². The van der Waals surface area contributed by atoms with Gasteiger partial charge in [0.15, 0.2) is 0 Å². The summed E-state index contributed by atoms with van der Waals surface area (Å²) in [5, 5.41) is 6.84. The molecule has 108 valence electrons. The zero-order chi connectivity index (χ0) is 14.8. The van der Waals surface area contributed by atoms with E-state index in [1.165, 1.54) is 21.7 Å². The minimum atomic E-state index is -0.198. The minimum Gasteiger partial charge on any atom is -0.306 e. The number of benzene rings is 2. The van der Waals surface area contributed by atoms with Gasteiger partial charge >= 0.3 is 0 Å². The number of halogens is 2. The summed E-state index contributed by atoms with van der Waals surface area (Å²) >= 11 is 5.31. The van der Waals surface area contributed by atoms with E-state index in [0.717, 1.165) is 16.6 Å². The van der Waals surface area contributed by atoms with Gasteiger partial charge in [-0.05, 0) is 62.6 Å². The first-order chi connectivity index (χ1) is 10.2. The zero-order valence-corrected chi connectivity index (χ0v) is 14.0. The van der Waals surface area contributed by atoms with Crippen LogP contribution in [0.5, 0.6) is 0 Å². The molecule has 0 spiro atoms. The van der Waals surface area contributed by atoms with Crippen LogP contribution in [-0.4, -0.2) is 6.54 Å². The quantitative estimate of drug-likeness (QED) is 0.644. The maximum atomic E-state index is 13.6. The lowest BCUT2D eigenvalue weighted by Gasteiger charge is -2.18. The smallest absolute Gasteiger partial charge is 0.123 e. The molecule has 0 aliphatic rings. The van der Waals surface area contributed by atoms with Gasteiger partial charge in [0.2, 0.25) is 0 Å². The molecule has 0 radical (unpaired) electrons. The topological polar surface area (TPSA) is 12.0 Å². The Labute approximate surface area is 135 Å². The Bertz CT molecular complexity index is 768. The Morgan fingerprint density at radius 3 is 2.81 bits per heavy atom. The number of fused-ring (bicyclic) bond motifs is 1. The normalized spacial score (nSPS) is 12.7. The molecule has 1 nitrogen and oxygen atoms in total. The predicted octanol–water partition coefficient (Wildman–Crippen LogP) is 5.50. The predicted molar refractivity (Wildman–Crippen MR) is 91.4 cm³/mol. The molecule has 2 aromatic carbocycles. The Balaban J connectivity index is 2.14. The largest absolute Gasteiger partial charge is 0.306 e. The summed E-state index contributed by atoms with van der Waals surface area (Å²) in [7, 11) is 0. The first-order valence-corrected chi connectivity index (χ1v) is 8.52. The summed E-state index contributed by atoms with van der Waals surface area (Å²) in [5.74, 6) is -0.198. The van der Waals surface area contributed by atoms with Crippen molar-refractivity contribution >= 4 is 37.4 Å². The molecule has 21 heavy (non-hydrogen) atoms. The lowest BCUT2D eigenvalue weighted by atomic mass is 9.98. The summed E-state index contributed by atoms with van der Waals surface area (Å²) in [5.41, 5.74) is 2.15. The van der Waals surface area contributed by atoms with Crippen molar-refractivity contribution in [2.75, 3.05) is 6.54 Å². The number of hydrogen-bond donors (Lipinski definition) is 1. The minimum absolute atomic E-state index is 0.00810. The number of nitrogens with one attached hydrogen (secondary N) is 1. The van der Waals surface area contributed by atoms with E-state index in [9.17, 15) is 4.39 Å². The molecule has 0 saturated carbocycles. The van der Waals surface area contributed by atoms with E-state index in [2.05, 4.69) is 39.6 Å². The van der Waals surface area contributed by atoms with Crippen LogP contribution in [0.1, 0.15) is 24.1 Å². The van der Waals surface area contributed by atoms with Gasteiger partial charge < -0.3 is 5.32 Å². The van der Waals surface area contributed by atoms with Crippen LogP contribution in [0, 0.1) is 5.82 Å². The molecular weight excluding hydrogens is 349 g/mol. The fraction of sp³-hybridized carbons (Fsp3) is 0.176. The van der Waals surface area contributed by atoms with Crippen molar-refractivity contribution < 1.29 is 4.39 Å². The van der Waals surface area contributed by atoms with Crippen molar-refractivity contribution in [3.05, 3.63) is 69.3 Å². The molecular formula is C17H15BrFNS. The molecule has 3 aromatic rings. The zero-order valence-electron chi connectivity index (χ0n) is 11.6. The van der Waals surface area contributed by atoms with Gasteiger partial charge in [0, 0.05) is 9.17 Å². The van der Waals surface area contributed by atoms with Crippen LogP contribution in [0.25, 0.3) is 10.1 Å². The molecule has 4 heteroatoms. The summed E-state index contributed by atoms with van der Waals surface area (Å²) in [6, 6.07) is 13.0. The molecule has 0 bridgehead atoms. The molecule has 0 saturated heterocycles. The Morgan fingerprint density at radius 2 is 2.05 bits per heavy atom. The van der Waals surface area contributed by atoms with E-state index in [1.807, 2.05) is 18.2 Å². The maximum Gasteiger partial charge on any atom is 0.123 e. The van der Waals surface area contributed by atoms with Crippen LogP contribution in [-0.2, 0) is 0 Å². The second kappa shape index (κ2) is 6.26. The lowest BCUT2D eigenvalue weighted by Crippen LogP contribution is -2.21. The highest BCUT2D eigenvalue weighted by Gasteiger charge is 2.18. The number of hydrogen-bond acceptors (Lipinski definition) is 2. The second-order valence-electron chi connectivity index (χ2n) is 4.85. The van der Waals surface area contributed by atoms with Crippen molar-refractivity contribution in [2.24, 2.45) is 0 Å². The van der Waals surface area contributed by atoms with Gasteiger partial charge in [-0.25, -0.2) is 4.39 Å². The molecule has 0 amide bonds. The van der Waals surface area contributed by atoms with Gasteiger partial charge in [0.05, 0.1) is 6.04 Å². The third kappa shape index (κ3) is 2.89. The molecule has 1 unspecified atom stereocenters. The van der Waals surface area contributed by atoms with Gasteiger partial charge in [0.1, 0.15) is 5.82 Å². The van der Waals surface area contributed by atoms with Gasteiger partial charge in [-0.15, -0.1) is 11.3 Å². The SMILES string of the molecule is CCNC(c1cccc(F)c1)c1csc2c(Br)cccc12. The lowest BCUT2D eigenvalue weighted by molar-refractivity contribution is 0.605. The van der Waals surface area contributed by atoms with Crippen LogP contribution in [0.4, 0.5) is 4.39 Å². The first-order valence-electron chi connectivity index (χ1n) is 6.85. The number of rotatable bonds is 4. The van der Waals surface area contributed by atoms with Crippen LogP contribution >= 0.6 is 27.3 Å². The fourth-order valence-corrected chi connectivity index (χ4v) is 4.21. The van der Waals surface area contributed by atoms with Gasteiger partial charge in [0.25, 0.3) is 0 Å². The maximum absolute atomic E-state index is 13.6. The third-order valence-corrected chi connectivity index (χ3v) is 5.45. The Morgan fingerprint density at radius 1 is 1.24 bits per heavy atom. The summed E-state index contributed by atoms with van der Waals surface area (Å²) in [6.07, 6.45) is 0. The van der Waals surface area contributed by atoms with E-state index >= 15 is 0 Å². The standard InChI is InChI=1S/C17H15BrFNS/c1-2-20-16(11-5-3-6-12(19)9-11)14-10-21-17-13(14)7-4-8-15(17)18/h3-10,16,20H,2H2,1H3. The number of thiophene rings is 1. The van der Waals surface area contributed by atoms with Crippen LogP contribution < -0.4 is 5.32 Å². The average Bonchev–Trinajstić information content (AvgIpc) is 2.90. The molecule has 0 aliphatic heterocycles. The van der Waals surface area contributed by atoms with Gasteiger partial charge in [-0.2, -0.15) is 0 Å². The highest BCUT2D eigenvalue weighted by Crippen LogP contribution is 2.37. The molecule has 1 heterocycles. The van der Waals surface area contributed by atoms with Crippen LogP contribution in [0.3, 0.4) is 0 Å². The highest BCUT2D eigenvalue weighted by atomic mass is 79.9. The molecule has 0 fully saturated rings. The van der Waals surface area contributed by atoms with Crippen molar-refractivity contribution in [1.82, 2.24) is 5.32 Å². The van der Waals surface area contributed by atoms with Gasteiger partial charge in [-0.3, -0.25) is 0 Å². The highest BCUT2D eigenvalue weighted by molar-refractivity contribution is 9.10. The first kappa shape index (κ1) is 14.7. The summed E-state index contributed by atoms with van der Waals surface area (Å²) in [6.45, 7) is 2.89. The summed E-state index contributed by atoms with van der Waals surface area (Å²) < 4.78 is 15.9. The van der Waals surface area contributed by atoms with E-state index in [0.29, 0.717) is 0 Å². The third-order valence-electron chi connectivity index (χ3n) is 3.48. The van der Waals surface area contributed by atoms with Crippen LogP contribution in [0.15, 0.2) is 52.3 Å². The van der Waals surface area contributed by atoms with E-state index in [4.69, 9.17) is 0 Å². The molecule has 1 aromatic heterocycles. The Kier molecular flexibility index (Phi) is 4.38. The molecule has 3 rings (SSSR count). The van der Waals surface area contributed by atoms with E-state index in [-0.39, 0.29) is 11.9 Å².